The van der Waals surface area contributed by atoms with Crippen LogP contribution in [0, 0.1) is 27.7 Å². The van der Waals surface area contributed by atoms with Crippen LogP contribution in [0.25, 0.3) is 11.1 Å². The number of Topliss-reactive ketones (excluding diaryl/α,β-unsaturated/α-hetero) is 2. The molecule has 2 aromatic heterocycles. The van der Waals surface area contributed by atoms with Gasteiger partial charge in [0.1, 0.15) is 22.9 Å². The molecule has 82 heavy (non-hydrogen) atoms. The first-order valence-electron chi connectivity index (χ1n) is 28.6. The van der Waals surface area contributed by atoms with Crippen molar-refractivity contribution >= 4 is 52.6 Å². The third kappa shape index (κ3) is 17.2. The lowest BCUT2D eigenvalue weighted by Gasteiger charge is -2.32. The Morgan fingerprint density at radius 3 is 1.49 bits per heavy atom. The molecule has 0 saturated carbocycles. The summed E-state index contributed by atoms with van der Waals surface area (Å²) in [5.74, 6) is 1.64. The van der Waals surface area contributed by atoms with E-state index < -0.39 is 0 Å². The molecule has 434 valence electrons. The van der Waals surface area contributed by atoms with Crippen molar-refractivity contribution < 1.29 is 48.2 Å². The highest BCUT2D eigenvalue weighted by Crippen LogP contribution is 2.38. The van der Waals surface area contributed by atoms with Crippen molar-refractivity contribution in [2.24, 2.45) is 0 Å². The van der Waals surface area contributed by atoms with Crippen LogP contribution in [0.4, 0.5) is 0 Å². The number of nitrogens with zero attached hydrogens (tertiary/aromatic N) is 4. The van der Waals surface area contributed by atoms with E-state index in [-0.39, 0.29) is 48.5 Å². The number of aliphatic hydroxyl groups excluding tert-OH is 2. The Labute approximate surface area is 493 Å². The van der Waals surface area contributed by atoms with Crippen LogP contribution in [0.2, 0.25) is 0 Å². The molecule has 0 spiro atoms. The first kappa shape index (κ1) is 63.3. The molecule has 14 nitrogen and oxygen atoms in total. The molecule has 0 unspecified atom stereocenters. The van der Waals surface area contributed by atoms with Crippen LogP contribution >= 0.6 is 15.9 Å². The molecule has 16 heteroatoms. The van der Waals surface area contributed by atoms with Gasteiger partial charge in [-0.15, -0.1) is 0 Å². The summed E-state index contributed by atoms with van der Waals surface area (Å²) in [6.45, 7) is 23.6. The summed E-state index contributed by atoms with van der Waals surface area (Å²) in [7, 11) is -0.363. The zero-order valence-electron chi connectivity index (χ0n) is 48.9. The quantitative estimate of drug-likeness (QED) is 0.0319. The number of piperidine rings is 2. The van der Waals surface area contributed by atoms with Crippen molar-refractivity contribution in [3.8, 4) is 22.6 Å². The molecular formula is C66H80BBrN4O10. The minimum atomic E-state index is -0.363. The Hall–Kier alpha value is -6.24. The topological polar surface area (TPSA) is 178 Å². The number of rotatable bonds is 20. The summed E-state index contributed by atoms with van der Waals surface area (Å²) in [6.07, 6.45) is 9.96. The Kier molecular flexibility index (Phi) is 23.1. The van der Waals surface area contributed by atoms with E-state index in [2.05, 4.69) is 95.4 Å². The number of halogens is 1. The van der Waals surface area contributed by atoms with Crippen LogP contribution in [0.1, 0.15) is 141 Å². The molecule has 0 atom stereocenters. The molecule has 0 aliphatic carbocycles. The van der Waals surface area contributed by atoms with Gasteiger partial charge in [0.15, 0.2) is 24.1 Å². The largest absolute Gasteiger partial charge is 0.495 e. The number of carbonyl (C=O) groups excluding carboxylic acids is 4. The average molecular weight is 1180 g/mol. The summed E-state index contributed by atoms with van der Waals surface area (Å²) in [5.41, 5.74) is 10.4. The van der Waals surface area contributed by atoms with Crippen molar-refractivity contribution in [2.45, 2.75) is 130 Å². The fourth-order valence-electron chi connectivity index (χ4n) is 10.1. The average Bonchev–Trinajstić information content (AvgIpc) is 3.93. The number of hydrogen-bond acceptors (Lipinski definition) is 14. The fraction of sp³-hybridized carbons (Fsp3) is 0.424. The second-order valence-electron chi connectivity index (χ2n) is 22.5. The number of likely N-dealkylation sites (tertiary alicyclic amines) is 2. The van der Waals surface area contributed by atoms with Crippen LogP contribution in [0.3, 0.4) is 0 Å². The number of pyridine rings is 2. The summed E-state index contributed by atoms with van der Waals surface area (Å²) >= 11 is 3.45. The predicted molar refractivity (Wildman–Crippen MR) is 326 cm³/mol. The summed E-state index contributed by atoms with van der Waals surface area (Å²) in [4.78, 5) is 59.3. The number of benzene rings is 4. The molecule has 6 aromatic rings. The molecule has 3 saturated heterocycles. The zero-order chi connectivity index (χ0) is 59.0. The number of hydrogen-bond donors (Lipinski definition) is 2. The summed E-state index contributed by atoms with van der Waals surface area (Å²) in [6, 6.07) is 30.4. The van der Waals surface area contributed by atoms with Gasteiger partial charge in [-0.1, -0.05) is 70.5 Å². The van der Waals surface area contributed by atoms with Gasteiger partial charge in [-0.3, -0.25) is 29.1 Å². The normalized spacial score (nSPS) is 16.3. The third-order valence-electron chi connectivity index (χ3n) is 16.2. The van der Waals surface area contributed by atoms with Gasteiger partial charge in [0.25, 0.3) is 0 Å². The van der Waals surface area contributed by atoms with Crippen molar-refractivity contribution in [2.75, 3.05) is 52.5 Å². The molecular weight excluding hydrogens is 1100 g/mol. The highest BCUT2D eigenvalue weighted by atomic mass is 79.9. The van der Waals surface area contributed by atoms with Crippen LogP contribution in [0.5, 0.6) is 11.5 Å². The molecule has 2 N–H and O–H groups in total. The van der Waals surface area contributed by atoms with Crippen molar-refractivity contribution in [1.29, 1.82) is 0 Å². The van der Waals surface area contributed by atoms with Gasteiger partial charge < -0.3 is 38.8 Å². The lowest BCUT2D eigenvalue weighted by atomic mass is 9.76. The molecule has 3 aliphatic rings. The molecule has 0 amide bonds. The highest BCUT2D eigenvalue weighted by Gasteiger charge is 2.52. The Balaban J connectivity index is 0.000000186. The van der Waals surface area contributed by atoms with Crippen molar-refractivity contribution in [3.05, 3.63) is 170 Å². The van der Waals surface area contributed by atoms with E-state index in [0.29, 0.717) is 48.4 Å². The van der Waals surface area contributed by atoms with E-state index >= 15 is 0 Å². The van der Waals surface area contributed by atoms with Crippen LogP contribution in [-0.2, 0) is 22.2 Å². The first-order chi connectivity index (χ1) is 39.3. The summed E-state index contributed by atoms with van der Waals surface area (Å²) < 4.78 is 25.6. The molecule has 3 fully saturated rings. The van der Waals surface area contributed by atoms with E-state index in [1.54, 1.807) is 24.3 Å². The maximum Gasteiger partial charge on any atom is 0.495 e. The smallest absolute Gasteiger partial charge is 0.493 e. The zero-order valence-corrected chi connectivity index (χ0v) is 50.5. The second-order valence-corrected chi connectivity index (χ2v) is 23.4. The number of aliphatic hydroxyl groups is 2. The van der Waals surface area contributed by atoms with E-state index in [1.807, 2.05) is 68.4 Å². The van der Waals surface area contributed by atoms with E-state index in [1.165, 1.54) is 12.4 Å². The lowest BCUT2D eigenvalue weighted by molar-refractivity contribution is 0.00578. The van der Waals surface area contributed by atoms with Gasteiger partial charge >= 0.3 is 7.12 Å². The predicted octanol–water partition coefficient (Wildman–Crippen LogP) is 10.7. The third-order valence-corrected chi connectivity index (χ3v) is 17.1. The van der Waals surface area contributed by atoms with Gasteiger partial charge in [-0.05, 0) is 186 Å². The van der Waals surface area contributed by atoms with Crippen molar-refractivity contribution in [1.82, 2.24) is 19.8 Å². The molecule has 0 bridgehead atoms. The number of ketones is 2. The second kappa shape index (κ2) is 29.8. The minimum Gasteiger partial charge on any atom is -0.493 e. The monoisotopic (exact) mass is 1180 g/mol. The van der Waals surface area contributed by atoms with E-state index in [9.17, 15) is 29.4 Å². The van der Waals surface area contributed by atoms with Crippen LogP contribution < -0.4 is 14.9 Å². The highest BCUT2D eigenvalue weighted by molar-refractivity contribution is 9.10. The van der Waals surface area contributed by atoms with E-state index in [4.69, 9.17) is 18.8 Å². The molecule has 4 aromatic carbocycles. The Morgan fingerprint density at radius 1 is 0.598 bits per heavy atom. The molecule has 9 rings (SSSR count). The van der Waals surface area contributed by atoms with Gasteiger partial charge in [-0.25, -0.2) is 0 Å². The first-order valence-corrected chi connectivity index (χ1v) is 29.4. The van der Waals surface area contributed by atoms with Crippen molar-refractivity contribution in [3.63, 3.8) is 0 Å². The van der Waals surface area contributed by atoms with Crippen LogP contribution in [0.15, 0.2) is 114 Å². The SMILES string of the molecule is Cc1c(Br)cccc1CC(=O)c1ccc(C=O)cn1.Cc1c(CC(=O)c2ccc(C=O)cn2)cccc1-c1cccc(OCCCN2CCC(O)CC2)c1C.Cc1c(OCCCN2CCC(O)CC2)cccc1B1OC(C)(C)C(C)(C)O1. The van der Waals surface area contributed by atoms with Gasteiger partial charge in [0, 0.05) is 80.1 Å². The van der Waals surface area contributed by atoms with Gasteiger partial charge in [-0.2, -0.15) is 0 Å². The van der Waals surface area contributed by atoms with Gasteiger partial charge in [0.05, 0.1) is 36.6 Å². The number of aromatic nitrogens is 2. The maximum atomic E-state index is 12.8. The lowest BCUT2D eigenvalue weighted by Crippen LogP contribution is -2.41. The van der Waals surface area contributed by atoms with Gasteiger partial charge in [0.2, 0.25) is 0 Å². The maximum absolute atomic E-state index is 12.8. The van der Waals surface area contributed by atoms with Crippen LogP contribution in [-0.4, -0.2) is 137 Å². The minimum absolute atomic E-state index is 0.0568. The molecule has 3 aliphatic heterocycles. The fourth-order valence-corrected chi connectivity index (χ4v) is 10.5. The number of carbonyl (C=O) groups is 4. The number of aldehydes is 2. The Bertz CT molecular complexity index is 3090. The summed E-state index contributed by atoms with van der Waals surface area (Å²) in [5, 5.41) is 19.3. The van der Waals surface area contributed by atoms with E-state index in [0.717, 1.165) is 150 Å². The number of ether oxygens (including phenoxy) is 2. The standard InChI is InChI=1S/C30H34N2O4.C21H34BNO4.C15H12BrNO2/c1-21-24(18-29(35)28-11-10-23(20-33)19-31-28)6-3-7-26(21)27-8-4-9-30(22(27)2)36-17-5-14-32-15-12-25(34)13-16-32;1-16-18(22-26-20(2,3)21(4,5)27-22)8-6-9-19(16)25-15-7-12-23-13-10-17(24)11-14-23;1-10-12(3-2-4-13(10)16)7-15(19)14-6-5-11(9-18)8-17-14/h3-4,6-11,19-20,25,34H,5,12-18H2,1-2H3;6,8-9,17,24H,7,10-15H2,1-5H3;2-6,8-9H,7H2,1H3. The Morgan fingerprint density at radius 2 is 1.02 bits per heavy atom. The molecule has 0 radical (unpaired) electrons. The molecule has 5 heterocycles.